The molecule has 2 atom stereocenters. The summed E-state index contributed by atoms with van der Waals surface area (Å²) in [5.74, 6) is 0.888. The van der Waals surface area contributed by atoms with Crippen LogP contribution in [0, 0.1) is 6.92 Å². The van der Waals surface area contributed by atoms with Gasteiger partial charge in [-0.15, -0.1) is 0 Å². The fourth-order valence-corrected chi connectivity index (χ4v) is 2.80. The molecule has 2 aromatic rings. The minimum atomic E-state index is 0.0307. The van der Waals surface area contributed by atoms with Crippen LogP contribution in [0.5, 0.6) is 5.75 Å². The zero-order chi connectivity index (χ0) is 13.4. The van der Waals surface area contributed by atoms with Crippen LogP contribution in [0.25, 0.3) is 0 Å². The topological polar surface area (TPSA) is 35.2 Å². The van der Waals surface area contributed by atoms with Gasteiger partial charge in [-0.3, -0.25) is 0 Å². The van der Waals surface area contributed by atoms with E-state index in [-0.39, 0.29) is 12.1 Å². The van der Waals surface area contributed by atoms with Gasteiger partial charge in [0, 0.05) is 22.5 Å². The van der Waals surface area contributed by atoms with Crippen molar-refractivity contribution in [1.29, 1.82) is 0 Å². The Kier molecular flexibility index (Phi) is 3.33. The SMILES string of the molecule is Cc1ccc(C2C[C@H](N)c3ccc(Br)cc3O2)cc1. The smallest absolute Gasteiger partial charge is 0.126 e. The van der Waals surface area contributed by atoms with Crippen LogP contribution < -0.4 is 10.5 Å². The highest BCUT2D eigenvalue weighted by atomic mass is 79.9. The van der Waals surface area contributed by atoms with Crippen molar-refractivity contribution in [3.05, 3.63) is 63.6 Å². The summed E-state index contributed by atoms with van der Waals surface area (Å²) in [5.41, 5.74) is 9.79. The molecule has 1 aliphatic rings. The molecule has 0 aromatic heterocycles. The van der Waals surface area contributed by atoms with Crippen LogP contribution >= 0.6 is 15.9 Å². The maximum Gasteiger partial charge on any atom is 0.126 e. The van der Waals surface area contributed by atoms with Crippen molar-refractivity contribution in [3.63, 3.8) is 0 Å². The van der Waals surface area contributed by atoms with Gasteiger partial charge in [-0.1, -0.05) is 51.8 Å². The molecule has 1 unspecified atom stereocenters. The van der Waals surface area contributed by atoms with E-state index in [9.17, 15) is 0 Å². The van der Waals surface area contributed by atoms with Gasteiger partial charge in [-0.05, 0) is 24.6 Å². The number of rotatable bonds is 1. The minimum Gasteiger partial charge on any atom is -0.485 e. The van der Waals surface area contributed by atoms with Crippen molar-refractivity contribution in [2.75, 3.05) is 0 Å². The predicted molar refractivity (Wildman–Crippen MR) is 80.2 cm³/mol. The van der Waals surface area contributed by atoms with Gasteiger partial charge < -0.3 is 10.5 Å². The number of nitrogens with two attached hydrogens (primary N) is 1. The summed E-state index contributed by atoms with van der Waals surface area (Å²) in [7, 11) is 0. The van der Waals surface area contributed by atoms with Gasteiger partial charge in [0.15, 0.2) is 0 Å². The van der Waals surface area contributed by atoms with Crippen LogP contribution in [0.4, 0.5) is 0 Å². The monoisotopic (exact) mass is 317 g/mol. The number of benzene rings is 2. The molecule has 3 heteroatoms. The highest BCUT2D eigenvalue weighted by Gasteiger charge is 2.27. The molecule has 98 valence electrons. The van der Waals surface area contributed by atoms with Crippen LogP contribution in [0.3, 0.4) is 0 Å². The third-order valence-corrected chi connectivity index (χ3v) is 4.05. The molecule has 0 radical (unpaired) electrons. The molecule has 3 rings (SSSR count). The summed E-state index contributed by atoms with van der Waals surface area (Å²) in [6, 6.07) is 14.5. The van der Waals surface area contributed by atoms with E-state index in [0.29, 0.717) is 0 Å². The summed E-state index contributed by atoms with van der Waals surface area (Å²) in [5, 5.41) is 0. The Morgan fingerprint density at radius 1 is 1.16 bits per heavy atom. The molecular weight excluding hydrogens is 302 g/mol. The number of hydrogen-bond acceptors (Lipinski definition) is 2. The van der Waals surface area contributed by atoms with Crippen molar-refractivity contribution in [2.24, 2.45) is 5.73 Å². The van der Waals surface area contributed by atoms with Crippen molar-refractivity contribution in [1.82, 2.24) is 0 Å². The Morgan fingerprint density at radius 2 is 1.89 bits per heavy atom. The van der Waals surface area contributed by atoms with E-state index >= 15 is 0 Å². The third kappa shape index (κ3) is 2.53. The predicted octanol–water partition coefficient (Wildman–Crippen LogP) is 4.28. The Hall–Kier alpha value is -1.32. The Bertz CT molecular complexity index is 594. The molecule has 0 amide bonds. The van der Waals surface area contributed by atoms with E-state index in [1.54, 1.807) is 0 Å². The molecule has 1 heterocycles. The molecule has 0 fully saturated rings. The summed E-state index contributed by atoms with van der Waals surface area (Å²) < 4.78 is 7.12. The van der Waals surface area contributed by atoms with E-state index in [1.165, 1.54) is 11.1 Å². The first-order chi connectivity index (χ1) is 9.13. The lowest BCUT2D eigenvalue weighted by Crippen LogP contribution is -2.24. The molecule has 2 nitrogen and oxygen atoms in total. The van der Waals surface area contributed by atoms with E-state index in [2.05, 4.69) is 47.1 Å². The van der Waals surface area contributed by atoms with Crippen LogP contribution in [0.2, 0.25) is 0 Å². The van der Waals surface area contributed by atoms with Gasteiger partial charge in [0.05, 0.1) is 0 Å². The summed E-state index contributed by atoms with van der Waals surface area (Å²) in [6.07, 6.45) is 0.856. The van der Waals surface area contributed by atoms with Crippen LogP contribution in [-0.4, -0.2) is 0 Å². The number of ether oxygens (including phenoxy) is 1. The second-order valence-corrected chi connectivity index (χ2v) is 5.96. The van der Waals surface area contributed by atoms with Crippen LogP contribution in [0.1, 0.15) is 35.3 Å². The molecule has 2 N–H and O–H groups in total. The van der Waals surface area contributed by atoms with Gasteiger partial charge >= 0.3 is 0 Å². The number of fused-ring (bicyclic) bond motifs is 1. The molecule has 1 aliphatic heterocycles. The van der Waals surface area contributed by atoms with Crippen LogP contribution in [-0.2, 0) is 0 Å². The second kappa shape index (κ2) is 4.99. The van der Waals surface area contributed by atoms with Gasteiger partial charge in [0.2, 0.25) is 0 Å². The molecule has 0 saturated carbocycles. The van der Waals surface area contributed by atoms with Crippen molar-refractivity contribution in [2.45, 2.75) is 25.5 Å². The molecule has 19 heavy (non-hydrogen) atoms. The van der Waals surface area contributed by atoms with Gasteiger partial charge in [0.25, 0.3) is 0 Å². The first kappa shape index (κ1) is 12.7. The largest absolute Gasteiger partial charge is 0.485 e. The maximum absolute atomic E-state index is 6.26. The fourth-order valence-electron chi connectivity index (χ4n) is 2.46. The number of aryl methyl sites for hydroxylation is 1. The highest BCUT2D eigenvalue weighted by Crippen LogP contribution is 2.40. The average molecular weight is 318 g/mol. The quantitative estimate of drug-likeness (QED) is 0.852. The normalized spacial score (nSPS) is 21.6. The van der Waals surface area contributed by atoms with E-state index in [0.717, 1.165) is 22.2 Å². The maximum atomic E-state index is 6.26. The first-order valence-corrected chi connectivity index (χ1v) is 7.21. The highest BCUT2D eigenvalue weighted by molar-refractivity contribution is 9.10. The number of halogens is 1. The zero-order valence-electron chi connectivity index (χ0n) is 10.8. The molecule has 0 aliphatic carbocycles. The number of hydrogen-bond donors (Lipinski definition) is 1. The van der Waals surface area contributed by atoms with Crippen molar-refractivity contribution < 1.29 is 4.74 Å². The summed E-state index contributed by atoms with van der Waals surface area (Å²) >= 11 is 3.48. The second-order valence-electron chi connectivity index (χ2n) is 5.04. The Labute approximate surface area is 121 Å². The Morgan fingerprint density at radius 3 is 2.63 bits per heavy atom. The fraction of sp³-hybridized carbons (Fsp3) is 0.250. The van der Waals surface area contributed by atoms with Gasteiger partial charge in [0.1, 0.15) is 11.9 Å². The van der Waals surface area contributed by atoms with Crippen molar-refractivity contribution in [3.8, 4) is 5.75 Å². The zero-order valence-corrected chi connectivity index (χ0v) is 12.4. The molecule has 0 bridgehead atoms. The molecule has 0 saturated heterocycles. The lowest BCUT2D eigenvalue weighted by molar-refractivity contribution is 0.161. The van der Waals surface area contributed by atoms with Gasteiger partial charge in [-0.2, -0.15) is 0 Å². The molecule has 2 aromatic carbocycles. The lowest BCUT2D eigenvalue weighted by Gasteiger charge is -2.30. The van der Waals surface area contributed by atoms with E-state index in [4.69, 9.17) is 10.5 Å². The molecule has 0 spiro atoms. The average Bonchev–Trinajstić information content (AvgIpc) is 2.38. The minimum absolute atomic E-state index is 0.0307. The van der Waals surface area contributed by atoms with E-state index < -0.39 is 0 Å². The Balaban J connectivity index is 1.93. The van der Waals surface area contributed by atoms with Gasteiger partial charge in [-0.25, -0.2) is 0 Å². The summed E-state index contributed by atoms with van der Waals surface area (Å²) in [6.45, 7) is 2.09. The molecular formula is C16H16BrNO. The first-order valence-electron chi connectivity index (χ1n) is 6.42. The van der Waals surface area contributed by atoms with E-state index in [1.807, 2.05) is 18.2 Å². The standard InChI is InChI=1S/C16H16BrNO/c1-10-2-4-11(5-3-10)15-9-14(18)13-7-6-12(17)8-16(13)19-15/h2-8,14-15H,9,18H2,1H3/t14-,15?/m0/s1. The summed E-state index contributed by atoms with van der Waals surface area (Å²) in [4.78, 5) is 0. The van der Waals surface area contributed by atoms with Crippen LogP contribution in [0.15, 0.2) is 46.9 Å². The van der Waals surface area contributed by atoms with Crippen molar-refractivity contribution >= 4 is 15.9 Å². The lowest BCUT2D eigenvalue weighted by atomic mass is 9.93. The third-order valence-electron chi connectivity index (χ3n) is 3.56.